The predicted octanol–water partition coefficient (Wildman–Crippen LogP) is 6.36. The second kappa shape index (κ2) is 11.2. The summed E-state index contributed by atoms with van der Waals surface area (Å²) in [7, 11) is 1.49. The number of methoxy groups -OCH3 is 1. The third-order valence-corrected chi connectivity index (χ3v) is 6.51. The lowest BCUT2D eigenvalue weighted by atomic mass is 9.83. The Bertz CT molecular complexity index is 1590. The van der Waals surface area contributed by atoms with Gasteiger partial charge in [-0.25, -0.2) is 4.79 Å². The highest BCUT2D eigenvalue weighted by atomic mass is 35.5. The van der Waals surface area contributed by atoms with Crippen molar-refractivity contribution in [3.05, 3.63) is 130 Å². The van der Waals surface area contributed by atoms with Crippen LogP contribution in [0, 0.1) is 11.3 Å². The average Bonchev–Trinajstić information content (AvgIpc) is 2.96. The van der Waals surface area contributed by atoms with Gasteiger partial charge in [0.15, 0.2) is 0 Å². The van der Waals surface area contributed by atoms with Crippen molar-refractivity contribution in [3.63, 3.8) is 0 Å². The van der Waals surface area contributed by atoms with E-state index in [0.717, 1.165) is 11.1 Å². The Morgan fingerprint density at radius 2 is 1.72 bits per heavy atom. The monoisotopic (exact) mass is 538 g/mol. The normalized spacial score (nSPS) is 14.0. The molecule has 4 aromatic carbocycles. The lowest BCUT2D eigenvalue weighted by molar-refractivity contribution is 0.0731. The molecule has 4 aromatic rings. The first-order valence-electron chi connectivity index (χ1n) is 12.0. The van der Waals surface area contributed by atoms with E-state index in [4.69, 9.17) is 36.3 Å². The van der Waals surface area contributed by atoms with Crippen LogP contribution in [-0.2, 0) is 6.61 Å². The summed E-state index contributed by atoms with van der Waals surface area (Å²) in [5.41, 5.74) is 9.26. The van der Waals surface area contributed by atoms with Gasteiger partial charge in [-0.2, -0.15) is 5.26 Å². The SMILES string of the molecule is COc1ccccc1C(=O)Oc1ccc2c(c1)OC(N)=C(C#N)C2c1ccc(OCc2ccc(Cl)cc2)cc1. The van der Waals surface area contributed by atoms with Crippen LogP contribution in [0.15, 0.2) is 102 Å². The van der Waals surface area contributed by atoms with Gasteiger partial charge in [-0.1, -0.05) is 54.1 Å². The third-order valence-electron chi connectivity index (χ3n) is 6.26. The molecule has 194 valence electrons. The molecule has 0 fully saturated rings. The van der Waals surface area contributed by atoms with Gasteiger partial charge in [0.2, 0.25) is 5.88 Å². The number of fused-ring (bicyclic) bond motifs is 1. The molecule has 0 aromatic heterocycles. The molecule has 1 atom stereocenters. The minimum absolute atomic E-state index is 0.00808. The summed E-state index contributed by atoms with van der Waals surface area (Å²) in [5.74, 6) is 0.690. The highest BCUT2D eigenvalue weighted by Gasteiger charge is 2.31. The molecule has 0 aliphatic carbocycles. The topological polar surface area (TPSA) is 104 Å². The summed E-state index contributed by atoms with van der Waals surface area (Å²) in [6.45, 7) is 0.392. The summed E-state index contributed by atoms with van der Waals surface area (Å²) in [6.07, 6.45) is 0. The molecule has 0 saturated heterocycles. The van der Waals surface area contributed by atoms with E-state index >= 15 is 0 Å². The lowest BCUT2D eigenvalue weighted by Gasteiger charge is -2.27. The van der Waals surface area contributed by atoms with Crippen molar-refractivity contribution in [1.29, 1.82) is 5.26 Å². The van der Waals surface area contributed by atoms with Gasteiger partial charge in [-0.05, 0) is 53.6 Å². The van der Waals surface area contributed by atoms with Gasteiger partial charge < -0.3 is 24.7 Å². The number of benzene rings is 4. The smallest absolute Gasteiger partial charge is 0.347 e. The molecule has 1 aliphatic rings. The Morgan fingerprint density at radius 1 is 1.00 bits per heavy atom. The average molecular weight is 539 g/mol. The molecule has 5 rings (SSSR count). The molecule has 0 amide bonds. The fourth-order valence-corrected chi connectivity index (χ4v) is 4.45. The molecule has 2 N–H and O–H groups in total. The van der Waals surface area contributed by atoms with E-state index in [9.17, 15) is 10.1 Å². The van der Waals surface area contributed by atoms with Crippen LogP contribution in [0.1, 0.15) is 33.0 Å². The fraction of sp³-hybridized carbons (Fsp3) is 0.0968. The Kier molecular flexibility index (Phi) is 7.39. The van der Waals surface area contributed by atoms with Crippen LogP contribution in [0.3, 0.4) is 0 Å². The van der Waals surface area contributed by atoms with E-state index in [2.05, 4.69) is 6.07 Å². The zero-order valence-electron chi connectivity index (χ0n) is 20.9. The number of para-hydroxylation sites is 1. The quantitative estimate of drug-likeness (QED) is 0.215. The van der Waals surface area contributed by atoms with E-state index in [1.165, 1.54) is 7.11 Å². The van der Waals surface area contributed by atoms with Crippen LogP contribution < -0.4 is 24.7 Å². The number of ether oxygens (including phenoxy) is 4. The molecule has 39 heavy (non-hydrogen) atoms. The van der Waals surface area contributed by atoms with Crippen LogP contribution in [-0.4, -0.2) is 13.1 Å². The molecule has 0 bridgehead atoms. The summed E-state index contributed by atoms with van der Waals surface area (Å²) in [6, 6.07) is 28.9. The minimum atomic E-state index is -0.574. The summed E-state index contributed by atoms with van der Waals surface area (Å²) in [5, 5.41) is 10.5. The molecule has 8 heteroatoms. The van der Waals surface area contributed by atoms with Gasteiger partial charge >= 0.3 is 5.97 Å². The number of rotatable bonds is 7. The Hall–Kier alpha value is -4.93. The first-order valence-corrected chi connectivity index (χ1v) is 12.4. The molecule has 0 radical (unpaired) electrons. The maximum absolute atomic E-state index is 12.8. The van der Waals surface area contributed by atoms with Crippen molar-refractivity contribution < 1.29 is 23.7 Å². The largest absolute Gasteiger partial charge is 0.496 e. The second-order valence-electron chi connectivity index (χ2n) is 8.70. The fourth-order valence-electron chi connectivity index (χ4n) is 4.32. The summed E-state index contributed by atoms with van der Waals surface area (Å²) in [4.78, 5) is 12.8. The molecule has 7 nitrogen and oxygen atoms in total. The van der Waals surface area contributed by atoms with Crippen LogP contribution in [0.25, 0.3) is 0 Å². The first kappa shape index (κ1) is 25.7. The maximum Gasteiger partial charge on any atom is 0.347 e. The summed E-state index contributed by atoms with van der Waals surface area (Å²) < 4.78 is 22.5. The van der Waals surface area contributed by atoms with Gasteiger partial charge in [-0.15, -0.1) is 0 Å². The number of nitriles is 1. The Labute approximate surface area is 230 Å². The Balaban J connectivity index is 1.38. The van der Waals surface area contributed by atoms with Crippen molar-refractivity contribution in [2.24, 2.45) is 5.73 Å². The highest BCUT2D eigenvalue weighted by molar-refractivity contribution is 6.30. The summed E-state index contributed by atoms with van der Waals surface area (Å²) >= 11 is 5.95. The van der Waals surface area contributed by atoms with E-state index in [1.807, 2.05) is 48.5 Å². The number of hydrogen-bond donors (Lipinski definition) is 1. The second-order valence-corrected chi connectivity index (χ2v) is 9.13. The van der Waals surface area contributed by atoms with Gasteiger partial charge in [0.1, 0.15) is 46.8 Å². The van der Waals surface area contributed by atoms with Crippen LogP contribution in [0.5, 0.6) is 23.0 Å². The van der Waals surface area contributed by atoms with Crippen LogP contribution >= 0.6 is 11.6 Å². The molecule has 1 aliphatic heterocycles. The molecule has 1 unspecified atom stereocenters. The van der Waals surface area contributed by atoms with E-state index in [-0.39, 0.29) is 17.2 Å². The van der Waals surface area contributed by atoms with E-state index in [1.54, 1.807) is 42.5 Å². The van der Waals surface area contributed by atoms with E-state index < -0.39 is 11.9 Å². The molecule has 0 saturated carbocycles. The molecule has 1 heterocycles. The van der Waals surface area contributed by atoms with Gasteiger partial charge in [-0.3, -0.25) is 0 Å². The minimum Gasteiger partial charge on any atom is -0.496 e. The van der Waals surface area contributed by atoms with Gasteiger partial charge in [0.05, 0.1) is 13.0 Å². The van der Waals surface area contributed by atoms with Crippen molar-refractivity contribution in [1.82, 2.24) is 0 Å². The number of nitrogens with two attached hydrogens (primary N) is 1. The maximum atomic E-state index is 12.8. The molecular formula is C31H23ClN2O5. The number of hydrogen-bond acceptors (Lipinski definition) is 7. The van der Waals surface area contributed by atoms with Gasteiger partial charge in [0.25, 0.3) is 0 Å². The van der Waals surface area contributed by atoms with Crippen molar-refractivity contribution in [2.45, 2.75) is 12.5 Å². The van der Waals surface area contributed by atoms with Gasteiger partial charge in [0, 0.05) is 16.7 Å². The highest BCUT2D eigenvalue weighted by Crippen LogP contribution is 2.43. The number of allylic oxidation sites excluding steroid dienone is 1. The van der Waals surface area contributed by atoms with Crippen molar-refractivity contribution >= 4 is 17.6 Å². The number of halogens is 1. The number of carbonyl (C=O) groups is 1. The molecular weight excluding hydrogens is 516 g/mol. The number of carbonyl (C=O) groups excluding carboxylic acids is 1. The lowest BCUT2D eigenvalue weighted by Crippen LogP contribution is -2.21. The number of nitrogens with zero attached hydrogens (tertiary/aromatic N) is 1. The first-order chi connectivity index (χ1) is 19.0. The predicted molar refractivity (Wildman–Crippen MR) is 146 cm³/mol. The zero-order valence-corrected chi connectivity index (χ0v) is 21.6. The standard InChI is InChI=1S/C31H23ClN2O5/c1-36-27-5-3-2-4-25(27)31(35)38-23-14-15-24-28(16-23)39-30(34)26(17-33)29(24)20-8-12-22(13-9-20)37-18-19-6-10-21(32)11-7-19/h2-16,29H,18,34H2,1H3. The molecule has 0 spiro atoms. The van der Waals surface area contributed by atoms with Crippen molar-refractivity contribution in [2.75, 3.05) is 7.11 Å². The van der Waals surface area contributed by atoms with Crippen LogP contribution in [0.2, 0.25) is 5.02 Å². The zero-order chi connectivity index (χ0) is 27.4. The third kappa shape index (κ3) is 5.52. The Morgan fingerprint density at radius 3 is 2.44 bits per heavy atom. The van der Waals surface area contributed by atoms with E-state index in [0.29, 0.717) is 40.0 Å². The van der Waals surface area contributed by atoms with Crippen LogP contribution in [0.4, 0.5) is 0 Å². The van der Waals surface area contributed by atoms with Crippen molar-refractivity contribution in [3.8, 4) is 29.1 Å². The number of esters is 1.